The number of nitrogens with zero attached hydrogens (tertiary/aromatic N) is 1. The fourth-order valence-electron chi connectivity index (χ4n) is 4.10. The van der Waals surface area contributed by atoms with E-state index in [4.69, 9.17) is 13.0 Å². The van der Waals surface area contributed by atoms with E-state index in [-0.39, 0.29) is 0 Å². The van der Waals surface area contributed by atoms with Crippen molar-refractivity contribution in [2.75, 3.05) is 13.3 Å². The van der Waals surface area contributed by atoms with Crippen molar-refractivity contribution in [1.82, 2.24) is 4.98 Å². The van der Waals surface area contributed by atoms with Crippen molar-refractivity contribution in [3.05, 3.63) is 101 Å². The third kappa shape index (κ3) is 5.36. The maximum absolute atomic E-state index is 13.1. The molecule has 1 aromatic heterocycles. The molecule has 4 aromatic rings. The summed E-state index contributed by atoms with van der Waals surface area (Å²) >= 11 is 0. The van der Waals surface area contributed by atoms with Crippen LogP contribution in [0.5, 0.6) is 0 Å². The first kappa shape index (κ1) is 24.4. The molecule has 0 aliphatic carbocycles. The van der Waals surface area contributed by atoms with Crippen molar-refractivity contribution in [2.24, 2.45) is 0 Å². The molecule has 180 valence electrons. The highest BCUT2D eigenvalue weighted by Gasteiger charge is 2.31. The first-order valence-electron chi connectivity index (χ1n) is 10.5. The van der Waals surface area contributed by atoms with Crippen molar-refractivity contribution >= 4 is 44.1 Å². The predicted molar refractivity (Wildman–Crippen MR) is 130 cm³/mol. The van der Waals surface area contributed by atoms with Gasteiger partial charge in [0.25, 0.3) is 0 Å². The van der Waals surface area contributed by atoms with Crippen LogP contribution in [0.1, 0.15) is 22.3 Å². The van der Waals surface area contributed by atoms with E-state index in [0.29, 0.717) is 6.26 Å². The van der Waals surface area contributed by atoms with Gasteiger partial charge >= 0.3 is 6.18 Å². The van der Waals surface area contributed by atoms with Gasteiger partial charge in [-0.3, -0.25) is 0 Å². The Morgan fingerprint density at radius 1 is 0.943 bits per heavy atom. The third-order valence-electron chi connectivity index (χ3n) is 5.53. The van der Waals surface area contributed by atoms with E-state index in [0.717, 1.165) is 56.6 Å². The number of nitrogens with one attached hydrogen (secondary N) is 1. The van der Waals surface area contributed by atoms with Gasteiger partial charge in [-0.2, -0.15) is 13.2 Å². The number of halogens is 3. The molecule has 0 bridgehead atoms. The van der Waals surface area contributed by atoms with Crippen molar-refractivity contribution in [3.63, 3.8) is 0 Å². The number of fused-ring (bicyclic) bond motifs is 2. The first-order valence-corrected chi connectivity index (χ1v) is 12.3. The highest BCUT2D eigenvalue weighted by Crippen LogP contribution is 2.41. The number of para-hydroxylation sites is 2. The lowest BCUT2D eigenvalue weighted by Crippen LogP contribution is -2.04. The van der Waals surface area contributed by atoms with Crippen molar-refractivity contribution < 1.29 is 30.7 Å². The highest BCUT2D eigenvalue weighted by atomic mass is 32.2. The molecule has 1 aliphatic rings. The van der Waals surface area contributed by atoms with Gasteiger partial charge in [0.15, 0.2) is 6.21 Å². The van der Waals surface area contributed by atoms with Crippen LogP contribution in [-0.2, 0) is 16.3 Å². The third-order valence-corrected chi connectivity index (χ3v) is 5.53. The zero-order chi connectivity index (χ0) is 25.4. The quantitative estimate of drug-likeness (QED) is 0.286. The van der Waals surface area contributed by atoms with E-state index in [1.54, 1.807) is 12.1 Å². The van der Waals surface area contributed by atoms with Crippen LogP contribution in [0.25, 0.3) is 22.0 Å². The van der Waals surface area contributed by atoms with Gasteiger partial charge in [0, 0.05) is 40.6 Å². The molecule has 5 nitrogen and oxygen atoms in total. The number of alkyl halides is 3. The molecule has 5 rings (SSSR count). The summed E-state index contributed by atoms with van der Waals surface area (Å²) in [4.78, 5) is 3.29. The topological polar surface area (TPSA) is 76.0 Å². The Balaban J connectivity index is 0.000000527. The Kier molecular flexibility index (Phi) is 6.40. The standard InChI is InChI=1S/C25H17F3N2.CH4O3S/c1-30-15-21(19-7-3-5-9-23(19)30)24(16-10-12-17(13-11-16)25(26,27)28)20-14-29-22-8-4-2-6-18(20)22;1-5(2,3)4/h2-15H,1H3;1H3,(H,2,3,4). The largest absolute Gasteiger partial charge is 0.748 e. The van der Waals surface area contributed by atoms with Crippen LogP contribution in [0.4, 0.5) is 18.9 Å². The first-order chi connectivity index (χ1) is 16.4. The van der Waals surface area contributed by atoms with Gasteiger partial charge in [-0.25, -0.2) is 13.0 Å². The zero-order valence-corrected chi connectivity index (χ0v) is 19.6. The van der Waals surface area contributed by atoms with Crippen molar-refractivity contribution in [3.8, 4) is 0 Å². The Bertz CT molecular complexity index is 1560. The second-order valence-corrected chi connectivity index (χ2v) is 9.48. The van der Waals surface area contributed by atoms with Crippen LogP contribution in [0, 0.1) is 0 Å². The molecular formula is C26H21F3N2O3S. The average Bonchev–Trinajstić information content (AvgIpc) is 3.35. The van der Waals surface area contributed by atoms with Crippen LogP contribution in [0.3, 0.4) is 0 Å². The highest BCUT2D eigenvalue weighted by molar-refractivity contribution is 7.84. The molecule has 2 heterocycles. The summed E-state index contributed by atoms with van der Waals surface area (Å²) in [5.41, 5.74) is 6.04. The maximum atomic E-state index is 13.1. The Morgan fingerprint density at radius 3 is 2.20 bits per heavy atom. The monoisotopic (exact) mass is 498 g/mol. The molecule has 0 unspecified atom stereocenters. The number of hydrogen-bond acceptors (Lipinski definition) is 3. The van der Waals surface area contributed by atoms with E-state index in [2.05, 4.69) is 4.98 Å². The molecule has 0 spiro atoms. The van der Waals surface area contributed by atoms with E-state index in [1.807, 2.05) is 72.6 Å². The fraction of sp³-hybridized carbons (Fsp3) is 0.115. The maximum Gasteiger partial charge on any atom is 0.416 e. The summed E-state index contributed by atoms with van der Waals surface area (Å²) in [5, 5.41) is 1.03. The van der Waals surface area contributed by atoms with E-state index >= 15 is 0 Å². The van der Waals surface area contributed by atoms with Crippen molar-refractivity contribution in [1.29, 1.82) is 0 Å². The molecule has 35 heavy (non-hydrogen) atoms. The minimum absolute atomic E-state index is 0.604. The Morgan fingerprint density at radius 2 is 1.54 bits per heavy atom. The molecule has 1 aliphatic heterocycles. The van der Waals surface area contributed by atoms with E-state index < -0.39 is 21.9 Å². The second-order valence-electron chi connectivity index (χ2n) is 8.07. The molecule has 3 aromatic carbocycles. The molecule has 0 radical (unpaired) electrons. The van der Waals surface area contributed by atoms with Gasteiger partial charge in [0.2, 0.25) is 5.69 Å². The van der Waals surface area contributed by atoms with Gasteiger partial charge in [-0.1, -0.05) is 42.5 Å². The molecule has 0 saturated heterocycles. The molecule has 9 heteroatoms. The van der Waals surface area contributed by atoms with Gasteiger partial charge in [0.05, 0.1) is 26.8 Å². The van der Waals surface area contributed by atoms with E-state index in [1.165, 1.54) is 0 Å². The number of allylic oxidation sites excluding steroid dienone is 1. The van der Waals surface area contributed by atoms with Crippen LogP contribution in [-0.4, -0.2) is 42.0 Å². The minimum atomic E-state index is -4.36. The Hall–Kier alpha value is -3.69. The smallest absolute Gasteiger partial charge is 0.416 e. The normalized spacial score (nSPS) is 14.7. The van der Waals surface area contributed by atoms with Crippen LogP contribution in [0.15, 0.2) is 79.0 Å². The molecular weight excluding hydrogens is 477 g/mol. The zero-order valence-electron chi connectivity index (χ0n) is 18.8. The fourth-order valence-corrected chi connectivity index (χ4v) is 4.10. The van der Waals surface area contributed by atoms with Crippen LogP contribution >= 0.6 is 0 Å². The average molecular weight is 499 g/mol. The Labute approximate surface area is 200 Å². The number of hydrogen-bond donors (Lipinski definition) is 1. The lowest BCUT2D eigenvalue weighted by Gasteiger charge is -2.12. The van der Waals surface area contributed by atoms with E-state index in [9.17, 15) is 13.2 Å². The summed E-state index contributed by atoms with van der Waals surface area (Å²) in [7, 11) is -1.94. The summed E-state index contributed by atoms with van der Waals surface area (Å²) < 4.78 is 68.6. The number of rotatable bonds is 2. The molecule has 0 fully saturated rings. The lowest BCUT2D eigenvalue weighted by molar-refractivity contribution is -0.395. The van der Waals surface area contributed by atoms with Crippen LogP contribution in [0.2, 0.25) is 0 Å². The number of aromatic amines is 1. The molecule has 0 saturated carbocycles. The summed E-state index contributed by atoms with van der Waals surface area (Å²) in [5.74, 6) is 0. The molecule has 0 amide bonds. The van der Waals surface area contributed by atoms with Crippen LogP contribution < -0.4 is 0 Å². The predicted octanol–water partition coefficient (Wildman–Crippen LogP) is 5.67. The lowest BCUT2D eigenvalue weighted by atomic mass is 9.89. The number of H-pyrrole nitrogens is 1. The van der Waals surface area contributed by atoms with Gasteiger partial charge in [0.1, 0.15) is 7.05 Å². The van der Waals surface area contributed by atoms with Crippen molar-refractivity contribution in [2.45, 2.75) is 6.18 Å². The summed E-state index contributed by atoms with van der Waals surface area (Å²) in [6, 6.07) is 21.4. The van der Waals surface area contributed by atoms with Gasteiger partial charge in [-0.15, -0.1) is 0 Å². The number of benzene rings is 3. The second kappa shape index (κ2) is 9.16. The SMILES string of the molecule is CS(=O)(=O)[O-].C[N+]1=C/C(=C(/c2ccc(C(F)(F)F)cc2)c2c[nH]c3ccccc23)c2ccccc21. The van der Waals surface area contributed by atoms with Gasteiger partial charge in [-0.05, 0) is 29.8 Å². The summed E-state index contributed by atoms with van der Waals surface area (Å²) in [6.07, 6.45) is 0.213. The molecule has 0 atom stereocenters. The number of aromatic nitrogens is 1. The molecule has 1 N–H and O–H groups in total. The summed E-state index contributed by atoms with van der Waals surface area (Å²) in [6.45, 7) is 0. The van der Waals surface area contributed by atoms with Gasteiger partial charge < -0.3 is 9.54 Å². The minimum Gasteiger partial charge on any atom is -0.748 e.